The molecule has 0 spiro atoms. The van der Waals surface area contributed by atoms with E-state index in [9.17, 15) is 18.0 Å². The molecule has 2 aromatic carbocycles. The summed E-state index contributed by atoms with van der Waals surface area (Å²) in [4.78, 5) is 26.9. The van der Waals surface area contributed by atoms with Gasteiger partial charge in [0.2, 0.25) is 21.8 Å². The third-order valence-electron chi connectivity index (χ3n) is 4.69. The van der Waals surface area contributed by atoms with E-state index in [0.29, 0.717) is 16.5 Å². The van der Waals surface area contributed by atoms with E-state index < -0.39 is 28.5 Å². The number of rotatable bonds is 9. The predicted octanol–water partition coefficient (Wildman–Crippen LogP) is 2.28. The molecule has 1 atom stereocenters. The van der Waals surface area contributed by atoms with Crippen LogP contribution < -0.4 is 14.4 Å². The van der Waals surface area contributed by atoms with Crippen LogP contribution in [0, 0.1) is 0 Å². The topological polar surface area (TPSA) is 96.0 Å². The lowest BCUT2D eigenvalue weighted by Gasteiger charge is -2.31. The van der Waals surface area contributed by atoms with E-state index in [1.807, 2.05) is 0 Å². The molecule has 0 aliphatic heterocycles. The second-order valence-electron chi connectivity index (χ2n) is 6.91. The molecule has 0 saturated heterocycles. The van der Waals surface area contributed by atoms with Crippen LogP contribution in [0.1, 0.15) is 12.5 Å². The van der Waals surface area contributed by atoms with Crippen LogP contribution in [0.4, 0.5) is 5.69 Å². The van der Waals surface area contributed by atoms with Crippen molar-refractivity contribution in [2.45, 2.75) is 19.5 Å². The largest absolute Gasteiger partial charge is 0.497 e. The van der Waals surface area contributed by atoms with Gasteiger partial charge < -0.3 is 15.0 Å². The molecule has 0 aliphatic carbocycles. The van der Waals surface area contributed by atoms with Gasteiger partial charge in [0.25, 0.3) is 0 Å². The average Bonchev–Trinajstić information content (AvgIpc) is 2.74. The number of nitrogens with one attached hydrogen (secondary N) is 1. The molecular formula is C21H26ClN3O5S. The third-order valence-corrected chi connectivity index (χ3v) is 6.09. The second-order valence-corrected chi connectivity index (χ2v) is 9.25. The summed E-state index contributed by atoms with van der Waals surface area (Å²) in [6.45, 7) is 1.22. The van der Waals surface area contributed by atoms with Gasteiger partial charge in [-0.1, -0.05) is 23.7 Å². The van der Waals surface area contributed by atoms with Crippen LogP contribution in [0.15, 0.2) is 48.5 Å². The number of amides is 2. The smallest absolute Gasteiger partial charge is 0.244 e. The number of carbonyl (C=O) groups excluding carboxylic acids is 2. The molecule has 2 aromatic rings. The minimum atomic E-state index is -3.77. The molecule has 2 amide bonds. The standard InChI is InChI=1S/C21H26ClN3O5S/c1-15(21(27)23-2)24(13-16-6-5-7-19(12-16)30-3)20(26)14-25(31(4,28)29)18-10-8-17(22)9-11-18/h5-12,15H,13-14H2,1-4H3,(H,23,27)/t15-/m1/s1. The maximum atomic E-state index is 13.2. The average molecular weight is 468 g/mol. The van der Waals surface area contributed by atoms with Crippen molar-refractivity contribution in [1.82, 2.24) is 10.2 Å². The third kappa shape index (κ3) is 6.60. The first-order chi connectivity index (χ1) is 14.6. The van der Waals surface area contributed by atoms with Gasteiger partial charge in [0.05, 0.1) is 19.1 Å². The van der Waals surface area contributed by atoms with Crippen LogP contribution >= 0.6 is 11.6 Å². The zero-order valence-corrected chi connectivity index (χ0v) is 19.4. The molecule has 0 heterocycles. The highest BCUT2D eigenvalue weighted by Crippen LogP contribution is 2.22. The van der Waals surface area contributed by atoms with E-state index in [1.54, 1.807) is 43.3 Å². The molecule has 0 unspecified atom stereocenters. The van der Waals surface area contributed by atoms with Gasteiger partial charge >= 0.3 is 0 Å². The fourth-order valence-corrected chi connectivity index (χ4v) is 3.96. The second kappa shape index (κ2) is 10.5. The number of hydrogen-bond acceptors (Lipinski definition) is 5. The fourth-order valence-electron chi connectivity index (χ4n) is 2.98. The Labute approximate surface area is 187 Å². The summed E-state index contributed by atoms with van der Waals surface area (Å²) in [5, 5.41) is 2.97. The molecule has 0 aromatic heterocycles. The van der Waals surface area contributed by atoms with E-state index in [2.05, 4.69) is 5.32 Å². The minimum absolute atomic E-state index is 0.100. The predicted molar refractivity (Wildman–Crippen MR) is 121 cm³/mol. The first-order valence-corrected chi connectivity index (χ1v) is 11.7. The first-order valence-electron chi connectivity index (χ1n) is 9.44. The molecule has 0 radical (unpaired) electrons. The highest BCUT2D eigenvalue weighted by molar-refractivity contribution is 7.92. The summed E-state index contributed by atoms with van der Waals surface area (Å²) in [7, 11) is -0.763. The van der Waals surface area contributed by atoms with Crippen LogP contribution in [0.5, 0.6) is 5.75 Å². The summed E-state index contributed by atoms with van der Waals surface area (Å²) >= 11 is 5.90. The van der Waals surface area contributed by atoms with Gasteiger partial charge in [0.15, 0.2) is 0 Å². The Bertz CT molecular complexity index is 1030. The Kier molecular flexibility index (Phi) is 8.29. The van der Waals surface area contributed by atoms with E-state index in [1.165, 1.54) is 31.2 Å². The van der Waals surface area contributed by atoms with Crippen LogP contribution in [0.2, 0.25) is 5.02 Å². The number of anilines is 1. The lowest BCUT2D eigenvalue weighted by molar-refractivity contribution is -0.139. The monoisotopic (exact) mass is 467 g/mol. The molecular weight excluding hydrogens is 442 g/mol. The number of likely N-dealkylation sites (N-methyl/N-ethyl adjacent to an activating group) is 1. The number of ether oxygens (including phenoxy) is 1. The molecule has 31 heavy (non-hydrogen) atoms. The number of sulfonamides is 1. The van der Waals surface area contributed by atoms with Crippen molar-refractivity contribution in [3.05, 3.63) is 59.1 Å². The van der Waals surface area contributed by atoms with Crippen LogP contribution in [0.3, 0.4) is 0 Å². The van der Waals surface area contributed by atoms with Gasteiger partial charge in [-0.2, -0.15) is 0 Å². The van der Waals surface area contributed by atoms with Crippen LogP contribution in [-0.4, -0.2) is 58.1 Å². The normalized spacial score (nSPS) is 12.0. The van der Waals surface area contributed by atoms with Crippen molar-refractivity contribution in [2.24, 2.45) is 0 Å². The number of halogens is 1. The van der Waals surface area contributed by atoms with Crippen molar-refractivity contribution in [1.29, 1.82) is 0 Å². The maximum Gasteiger partial charge on any atom is 0.244 e. The highest BCUT2D eigenvalue weighted by atomic mass is 35.5. The molecule has 0 bridgehead atoms. The number of methoxy groups -OCH3 is 1. The van der Waals surface area contributed by atoms with E-state index in [-0.39, 0.29) is 12.5 Å². The van der Waals surface area contributed by atoms with Crippen molar-refractivity contribution in [3.63, 3.8) is 0 Å². The summed E-state index contributed by atoms with van der Waals surface area (Å²) in [5.41, 5.74) is 1.04. The Morgan fingerprint density at radius 2 is 1.81 bits per heavy atom. The molecule has 1 N–H and O–H groups in total. The first kappa shape index (κ1) is 24.5. The van der Waals surface area contributed by atoms with Crippen molar-refractivity contribution in [2.75, 3.05) is 31.3 Å². The summed E-state index contributed by atoms with van der Waals surface area (Å²) in [5.74, 6) is -0.288. The van der Waals surface area contributed by atoms with Crippen LogP contribution in [-0.2, 0) is 26.2 Å². The number of nitrogens with zero attached hydrogens (tertiary/aromatic N) is 2. The fraction of sp³-hybridized carbons (Fsp3) is 0.333. The van der Waals surface area contributed by atoms with Gasteiger partial charge in [-0.05, 0) is 48.9 Å². The minimum Gasteiger partial charge on any atom is -0.497 e. The van der Waals surface area contributed by atoms with Crippen molar-refractivity contribution in [3.8, 4) is 5.75 Å². The van der Waals surface area contributed by atoms with Crippen molar-refractivity contribution < 1.29 is 22.7 Å². The molecule has 8 nitrogen and oxygen atoms in total. The molecule has 0 aliphatic rings. The number of benzene rings is 2. The van der Waals surface area contributed by atoms with Crippen molar-refractivity contribution >= 4 is 39.1 Å². The van der Waals surface area contributed by atoms with Gasteiger partial charge in [0, 0.05) is 18.6 Å². The van der Waals surface area contributed by atoms with Gasteiger partial charge in [-0.25, -0.2) is 8.42 Å². The molecule has 168 valence electrons. The SMILES string of the molecule is CNC(=O)[C@@H](C)N(Cc1cccc(OC)c1)C(=O)CN(c1ccc(Cl)cc1)S(C)(=O)=O. The zero-order chi connectivity index (χ0) is 23.2. The Hall–Kier alpha value is -2.78. The lowest BCUT2D eigenvalue weighted by Crippen LogP contribution is -2.50. The highest BCUT2D eigenvalue weighted by Gasteiger charge is 2.29. The van der Waals surface area contributed by atoms with E-state index >= 15 is 0 Å². The molecule has 0 saturated carbocycles. The van der Waals surface area contributed by atoms with E-state index in [0.717, 1.165) is 16.1 Å². The number of hydrogen-bond donors (Lipinski definition) is 1. The van der Waals surface area contributed by atoms with E-state index in [4.69, 9.17) is 16.3 Å². The van der Waals surface area contributed by atoms with Gasteiger partial charge in [0.1, 0.15) is 18.3 Å². The number of carbonyl (C=O) groups is 2. The van der Waals surface area contributed by atoms with Gasteiger partial charge in [-0.3, -0.25) is 13.9 Å². The summed E-state index contributed by atoms with van der Waals surface area (Å²) in [6, 6.07) is 12.4. The Morgan fingerprint density at radius 3 is 2.35 bits per heavy atom. The Morgan fingerprint density at radius 1 is 1.16 bits per heavy atom. The van der Waals surface area contributed by atoms with Crippen LogP contribution in [0.25, 0.3) is 0 Å². The quantitative estimate of drug-likeness (QED) is 0.610. The Balaban J connectivity index is 2.37. The zero-order valence-electron chi connectivity index (χ0n) is 17.8. The summed E-state index contributed by atoms with van der Waals surface area (Å²) < 4.78 is 31.0. The van der Waals surface area contributed by atoms with Gasteiger partial charge in [-0.15, -0.1) is 0 Å². The molecule has 2 rings (SSSR count). The lowest BCUT2D eigenvalue weighted by atomic mass is 10.1. The molecule has 0 fully saturated rings. The summed E-state index contributed by atoms with van der Waals surface area (Å²) in [6.07, 6.45) is 1.02. The maximum absolute atomic E-state index is 13.2. The molecule has 10 heteroatoms.